The van der Waals surface area contributed by atoms with Gasteiger partial charge in [0.25, 0.3) is 0 Å². The molecule has 5 aliphatic rings. The highest BCUT2D eigenvalue weighted by Crippen LogP contribution is 2.60. The first-order valence-corrected chi connectivity index (χ1v) is 12.4. The number of rotatable bonds is 5. The lowest BCUT2D eigenvalue weighted by Gasteiger charge is -2.60. The summed E-state index contributed by atoms with van der Waals surface area (Å²) in [6.07, 6.45) is 4.37. The molecule has 7 rings (SSSR count). The molecule has 1 N–H and O–H groups in total. The van der Waals surface area contributed by atoms with Crippen LogP contribution in [0.3, 0.4) is 0 Å². The summed E-state index contributed by atoms with van der Waals surface area (Å²) in [5.74, 6) is -0.751. The highest BCUT2D eigenvalue weighted by molar-refractivity contribution is 5.88. The number of aromatic carboxylic acids is 1. The van der Waals surface area contributed by atoms with Crippen molar-refractivity contribution in [3.05, 3.63) is 41.7 Å². The van der Waals surface area contributed by atoms with E-state index in [0.29, 0.717) is 17.5 Å². The van der Waals surface area contributed by atoms with Gasteiger partial charge in [-0.3, -0.25) is 0 Å². The lowest BCUT2D eigenvalue weighted by Crippen LogP contribution is -2.70. The molecule has 1 aliphatic carbocycles. The third-order valence-corrected chi connectivity index (χ3v) is 8.55. The summed E-state index contributed by atoms with van der Waals surface area (Å²) >= 11 is 0. The lowest BCUT2D eigenvalue weighted by atomic mass is 9.58. The maximum atomic E-state index is 11.2. The van der Waals surface area contributed by atoms with E-state index in [1.54, 1.807) is 30.5 Å². The first-order chi connectivity index (χ1) is 16.8. The molecule has 188 valence electrons. The Kier molecular flexibility index (Phi) is 5.54. The molecule has 1 saturated carbocycles. The molecule has 2 bridgehead atoms. The monoisotopic (exact) mass is 485 g/mol. The van der Waals surface area contributed by atoms with E-state index in [0.717, 1.165) is 36.8 Å². The molecule has 4 saturated heterocycles. The number of nitrogens with zero attached hydrogens (tertiary/aromatic N) is 1. The molecule has 8 atom stereocenters. The number of benzene rings is 1. The van der Waals surface area contributed by atoms with E-state index >= 15 is 0 Å². The minimum Gasteiger partial charge on any atom is -0.478 e. The van der Waals surface area contributed by atoms with E-state index in [1.165, 1.54) is 0 Å². The number of fused-ring (bicyclic) bond motifs is 2. The van der Waals surface area contributed by atoms with Crippen LogP contribution in [0.1, 0.15) is 62.4 Å². The predicted molar refractivity (Wildman–Crippen MR) is 121 cm³/mol. The predicted octanol–water partition coefficient (Wildman–Crippen LogP) is 4.76. The van der Waals surface area contributed by atoms with Crippen LogP contribution in [0.4, 0.5) is 0 Å². The summed E-state index contributed by atoms with van der Waals surface area (Å²) < 4.78 is 24.4. The molecule has 0 radical (unpaired) electrons. The molecule has 9 nitrogen and oxygen atoms in total. The molecule has 5 heterocycles. The van der Waals surface area contributed by atoms with Crippen molar-refractivity contribution >= 4 is 5.97 Å². The van der Waals surface area contributed by atoms with Crippen LogP contribution in [0.15, 0.2) is 35.1 Å². The van der Waals surface area contributed by atoms with Gasteiger partial charge in [-0.15, -0.1) is 0 Å². The minimum absolute atomic E-state index is 0.0640. The zero-order chi connectivity index (χ0) is 24.4. The number of hydrogen-bond acceptors (Lipinski definition) is 8. The van der Waals surface area contributed by atoms with Gasteiger partial charge in [0.05, 0.1) is 12.2 Å². The number of hydrogen-bond donors (Lipinski definition) is 1. The molecule has 9 heteroatoms. The molecule has 1 spiro atoms. The molecule has 4 aliphatic heterocycles. The maximum Gasteiger partial charge on any atom is 0.335 e. The maximum absolute atomic E-state index is 11.2. The van der Waals surface area contributed by atoms with Crippen LogP contribution in [0.25, 0.3) is 11.3 Å². The van der Waals surface area contributed by atoms with E-state index < -0.39 is 29.9 Å². The first-order valence-electron chi connectivity index (χ1n) is 12.4. The highest BCUT2D eigenvalue weighted by Gasteiger charge is 2.69. The van der Waals surface area contributed by atoms with Crippen LogP contribution in [-0.4, -0.2) is 40.2 Å². The van der Waals surface area contributed by atoms with Crippen molar-refractivity contribution < 1.29 is 38.4 Å². The summed E-state index contributed by atoms with van der Waals surface area (Å²) in [7, 11) is 0. The van der Waals surface area contributed by atoms with Gasteiger partial charge in [-0.1, -0.05) is 31.1 Å². The van der Waals surface area contributed by atoms with Gasteiger partial charge < -0.3 is 23.8 Å². The second-order valence-corrected chi connectivity index (χ2v) is 10.7. The summed E-state index contributed by atoms with van der Waals surface area (Å²) in [4.78, 5) is 23.2. The van der Waals surface area contributed by atoms with Gasteiger partial charge in [0.15, 0.2) is 18.2 Å². The van der Waals surface area contributed by atoms with Gasteiger partial charge in [-0.25, -0.2) is 14.6 Å². The summed E-state index contributed by atoms with van der Waals surface area (Å²) in [5, 5.41) is 13.3. The van der Waals surface area contributed by atoms with Crippen molar-refractivity contribution in [1.29, 1.82) is 0 Å². The molecule has 0 amide bonds. The lowest BCUT2D eigenvalue weighted by molar-refractivity contribution is -0.577. The van der Waals surface area contributed by atoms with E-state index in [-0.39, 0.29) is 24.0 Å². The van der Waals surface area contributed by atoms with Crippen molar-refractivity contribution in [2.45, 2.75) is 77.0 Å². The van der Waals surface area contributed by atoms with Crippen molar-refractivity contribution in [2.75, 3.05) is 0 Å². The van der Waals surface area contributed by atoms with Crippen molar-refractivity contribution in [3.63, 3.8) is 0 Å². The number of carboxylic acid groups (broad SMARTS) is 1. The number of carbonyl (C=O) groups is 1. The summed E-state index contributed by atoms with van der Waals surface area (Å²) in [5.41, 5.74) is 1.72. The zero-order valence-corrected chi connectivity index (χ0v) is 20.1. The standard InChI is InChI=1S/C26H31NO8/c1-14-4-9-20-15(2)23(32-24-26(20)19(14)10-11-25(3,33-24)34-35-26)30-12-18-13-31-27-21(18)16-5-7-17(8-6-16)22(28)29/h5-8,13-15,19-20,23-24H,4,9-12H2,1-3H3,(H,28,29)/t14-,15-,19+,20+,23-,24-,25-,26-/m1/s1. The highest BCUT2D eigenvalue weighted by atomic mass is 17.3. The van der Waals surface area contributed by atoms with Crippen LogP contribution in [0.5, 0.6) is 0 Å². The Morgan fingerprint density at radius 3 is 2.71 bits per heavy atom. The molecular weight excluding hydrogens is 454 g/mol. The van der Waals surface area contributed by atoms with E-state index in [2.05, 4.69) is 19.0 Å². The number of aromatic nitrogens is 1. The number of ether oxygens (including phenoxy) is 3. The van der Waals surface area contributed by atoms with E-state index in [1.807, 2.05) is 6.92 Å². The van der Waals surface area contributed by atoms with Crippen molar-refractivity contribution in [2.24, 2.45) is 23.7 Å². The second kappa shape index (κ2) is 8.38. The third kappa shape index (κ3) is 3.64. The van der Waals surface area contributed by atoms with E-state index in [4.69, 9.17) is 33.6 Å². The van der Waals surface area contributed by atoms with Crippen LogP contribution in [0, 0.1) is 23.7 Å². The molecule has 35 heavy (non-hydrogen) atoms. The average molecular weight is 486 g/mol. The Balaban J connectivity index is 1.22. The molecule has 1 aromatic carbocycles. The fourth-order valence-electron chi connectivity index (χ4n) is 6.60. The first kappa shape index (κ1) is 23.1. The minimum atomic E-state index is -0.974. The Morgan fingerprint density at radius 1 is 1.14 bits per heavy atom. The molecular formula is C26H31NO8. The SMILES string of the molecule is C[C@H]1[C@H](OCc2conc2-c2ccc(C(=O)O)cc2)O[C@@H]2O[C@@]3(C)CC[C@H]4[C@H](C)CC[C@@H]1[C@@]24OO3. The average Bonchev–Trinajstić information content (AvgIpc) is 3.20. The molecule has 2 aromatic rings. The molecule has 0 unspecified atom stereocenters. The fourth-order valence-corrected chi connectivity index (χ4v) is 6.60. The summed E-state index contributed by atoms with van der Waals surface area (Å²) in [6, 6.07) is 6.52. The van der Waals surface area contributed by atoms with Gasteiger partial charge in [0, 0.05) is 29.4 Å². The number of carboxylic acids is 1. The van der Waals surface area contributed by atoms with Gasteiger partial charge >= 0.3 is 5.97 Å². The van der Waals surface area contributed by atoms with Crippen LogP contribution < -0.4 is 0 Å². The van der Waals surface area contributed by atoms with Crippen LogP contribution in [-0.2, 0) is 30.6 Å². The Morgan fingerprint density at radius 2 is 1.94 bits per heavy atom. The normalized spacial score (nSPS) is 40.2. The second-order valence-electron chi connectivity index (χ2n) is 10.7. The van der Waals surface area contributed by atoms with E-state index in [9.17, 15) is 4.79 Å². The third-order valence-electron chi connectivity index (χ3n) is 8.55. The molecule has 1 aromatic heterocycles. The van der Waals surface area contributed by atoms with Crippen LogP contribution >= 0.6 is 0 Å². The van der Waals surface area contributed by atoms with Crippen LogP contribution in [0.2, 0.25) is 0 Å². The Labute approximate surface area is 203 Å². The van der Waals surface area contributed by atoms with Crippen molar-refractivity contribution in [1.82, 2.24) is 5.16 Å². The van der Waals surface area contributed by atoms with Gasteiger partial charge in [-0.2, -0.15) is 0 Å². The van der Waals surface area contributed by atoms with Gasteiger partial charge in [0.2, 0.25) is 5.79 Å². The van der Waals surface area contributed by atoms with Gasteiger partial charge in [0.1, 0.15) is 12.0 Å². The Hall–Kier alpha value is -2.30. The smallest absolute Gasteiger partial charge is 0.335 e. The fraction of sp³-hybridized carbons (Fsp3) is 0.615. The zero-order valence-electron chi connectivity index (χ0n) is 20.1. The Bertz CT molecular complexity index is 1100. The topological polar surface area (TPSA) is 109 Å². The molecule has 5 fully saturated rings. The van der Waals surface area contributed by atoms with Gasteiger partial charge in [-0.05, 0) is 50.2 Å². The summed E-state index contributed by atoms with van der Waals surface area (Å²) in [6.45, 7) is 6.58. The van der Waals surface area contributed by atoms with Crippen molar-refractivity contribution in [3.8, 4) is 11.3 Å². The largest absolute Gasteiger partial charge is 0.478 e. The quantitative estimate of drug-likeness (QED) is 0.599.